The summed E-state index contributed by atoms with van der Waals surface area (Å²) < 4.78 is 15.1. The second kappa shape index (κ2) is 4.30. The first-order chi connectivity index (χ1) is 9.49. The van der Waals surface area contributed by atoms with Crippen LogP contribution in [0.25, 0.3) is 16.7 Å². The molecule has 2 N–H and O–H groups in total. The number of aromatic nitrogens is 3. The SMILES string of the molecule is Cc1nc(N)c2c(C)c(C)n(-c3ccc(F)cc3)c2n1. The van der Waals surface area contributed by atoms with Crippen molar-refractivity contribution in [2.75, 3.05) is 5.73 Å². The predicted octanol–water partition coefficient (Wildman–Crippen LogP) is 3.07. The maximum atomic E-state index is 13.1. The third kappa shape index (κ3) is 1.74. The van der Waals surface area contributed by atoms with Crippen LogP contribution in [-0.2, 0) is 0 Å². The molecule has 20 heavy (non-hydrogen) atoms. The van der Waals surface area contributed by atoms with E-state index in [9.17, 15) is 4.39 Å². The molecule has 102 valence electrons. The molecule has 5 heteroatoms. The van der Waals surface area contributed by atoms with Gasteiger partial charge in [0, 0.05) is 11.4 Å². The average Bonchev–Trinajstić information content (AvgIpc) is 2.63. The highest BCUT2D eigenvalue weighted by Crippen LogP contribution is 2.30. The van der Waals surface area contributed by atoms with Crippen molar-refractivity contribution in [3.05, 3.63) is 47.2 Å². The van der Waals surface area contributed by atoms with Crippen molar-refractivity contribution in [3.8, 4) is 5.69 Å². The Morgan fingerprint density at radius 1 is 1.05 bits per heavy atom. The number of aryl methyl sites for hydroxylation is 2. The average molecular weight is 270 g/mol. The smallest absolute Gasteiger partial charge is 0.150 e. The van der Waals surface area contributed by atoms with Crippen LogP contribution in [0.3, 0.4) is 0 Å². The van der Waals surface area contributed by atoms with E-state index in [-0.39, 0.29) is 5.82 Å². The zero-order valence-corrected chi connectivity index (χ0v) is 11.6. The molecule has 1 aromatic carbocycles. The summed E-state index contributed by atoms with van der Waals surface area (Å²) >= 11 is 0. The Labute approximate surface area is 116 Å². The number of hydrogen-bond donors (Lipinski definition) is 1. The number of nitrogens with two attached hydrogens (primary N) is 1. The molecule has 0 unspecified atom stereocenters. The first kappa shape index (κ1) is 12.6. The molecule has 0 saturated carbocycles. The van der Waals surface area contributed by atoms with Crippen molar-refractivity contribution in [1.82, 2.24) is 14.5 Å². The lowest BCUT2D eigenvalue weighted by Gasteiger charge is -2.08. The fourth-order valence-electron chi connectivity index (χ4n) is 2.51. The number of halogens is 1. The van der Waals surface area contributed by atoms with Crippen LogP contribution < -0.4 is 5.73 Å². The van der Waals surface area contributed by atoms with Crippen LogP contribution in [0, 0.1) is 26.6 Å². The van der Waals surface area contributed by atoms with E-state index in [1.165, 1.54) is 12.1 Å². The zero-order valence-electron chi connectivity index (χ0n) is 11.6. The van der Waals surface area contributed by atoms with Crippen molar-refractivity contribution in [2.24, 2.45) is 0 Å². The van der Waals surface area contributed by atoms with Crippen LogP contribution in [0.15, 0.2) is 24.3 Å². The zero-order chi connectivity index (χ0) is 14.4. The van der Waals surface area contributed by atoms with Crippen molar-refractivity contribution in [2.45, 2.75) is 20.8 Å². The lowest BCUT2D eigenvalue weighted by Crippen LogP contribution is -2.01. The molecular formula is C15H15FN4. The van der Waals surface area contributed by atoms with E-state index in [0.717, 1.165) is 28.0 Å². The fraction of sp³-hybridized carbons (Fsp3) is 0.200. The lowest BCUT2D eigenvalue weighted by molar-refractivity contribution is 0.627. The van der Waals surface area contributed by atoms with Crippen molar-refractivity contribution < 1.29 is 4.39 Å². The van der Waals surface area contributed by atoms with Gasteiger partial charge in [-0.15, -0.1) is 0 Å². The lowest BCUT2D eigenvalue weighted by atomic mass is 10.2. The van der Waals surface area contributed by atoms with Crippen molar-refractivity contribution in [1.29, 1.82) is 0 Å². The Morgan fingerprint density at radius 2 is 1.70 bits per heavy atom. The van der Waals surface area contributed by atoms with Gasteiger partial charge in [-0.05, 0) is 50.6 Å². The van der Waals surface area contributed by atoms with Gasteiger partial charge >= 0.3 is 0 Å². The topological polar surface area (TPSA) is 56.7 Å². The molecule has 2 heterocycles. The van der Waals surface area contributed by atoms with E-state index < -0.39 is 0 Å². The molecule has 0 aliphatic rings. The quantitative estimate of drug-likeness (QED) is 0.739. The summed E-state index contributed by atoms with van der Waals surface area (Å²) in [6, 6.07) is 6.34. The second-order valence-electron chi connectivity index (χ2n) is 4.88. The van der Waals surface area contributed by atoms with Gasteiger partial charge in [-0.25, -0.2) is 14.4 Å². The van der Waals surface area contributed by atoms with E-state index in [4.69, 9.17) is 5.73 Å². The molecule has 0 radical (unpaired) electrons. The second-order valence-corrected chi connectivity index (χ2v) is 4.88. The Hall–Kier alpha value is -2.43. The number of fused-ring (bicyclic) bond motifs is 1. The van der Waals surface area contributed by atoms with Gasteiger partial charge in [0.25, 0.3) is 0 Å². The summed E-state index contributed by atoms with van der Waals surface area (Å²) in [7, 11) is 0. The molecule has 0 fully saturated rings. The molecule has 0 aliphatic carbocycles. The number of nitrogens with zero attached hydrogens (tertiary/aromatic N) is 3. The van der Waals surface area contributed by atoms with Crippen LogP contribution in [0.4, 0.5) is 10.2 Å². The largest absolute Gasteiger partial charge is 0.383 e. The third-order valence-corrected chi connectivity index (χ3v) is 3.58. The third-order valence-electron chi connectivity index (χ3n) is 3.58. The fourth-order valence-corrected chi connectivity index (χ4v) is 2.51. The first-order valence-corrected chi connectivity index (χ1v) is 6.36. The molecule has 3 aromatic rings. The molecule has 3 rings (SSSR count). The van der Waals surface area contributed by atoms with Gasteiger partial charge in [0.1, 0.15) is 17.5 Å². The number of nitrogen functional groups attached to an aromatic ring is 1. The molecule has 2 aromatic heterocycles. The minimum Gasteiger partial charge on any atom is -0.383 e. The minimum absolute atomic E-state index is 0.259. The van der Waals surface area contributed by atoms with Crippen LogP contribution in [0.5, 0.6) is 0 Å². The van der Waals surface area contributed by atoms with Crippen LogP contribution in [-0.4, -0.2) is 14.5 Å². The van der Waals surface area contributed by atoms with E-state index in [2.05, 4.69) is 9.97 Å². The monoisotopic (exact) mass is 270 g/mol. The summed E-state index contributed by atoms with van der Waals surface area (Å²) in [6.45, 7) is 5.80. The molecule has 0 atom stereocenters. The maximum Gasteiger partial charge on any atom is 0.150 e. The molecule has 0 bridgehead atoms. The standard InChI is InChI=1S/C15H15FN4/c1-8-9(2)20(12-6-4-11(16)5-7-12)15-13(8)14(17)18-10(3)19-15/h4-7H,1-3H3,(H2,17,18,19). The summed E-state index contributed by atoms with van der Waals surface area (Å²) in [4.78, 5) is 8.71. The van der Waals surface area contributed by atoms with E-state index in [0.29, 0.717) is 11.6 Å². The van der Waals surface area contributed by atoms with Crippen molar-refractivity contribution in [3.63, 3.8) is 0 Å². The number of benzene rings is 1. The van der Waals surface area contributed by atoms with E-state index in [1.807, 2.05) is 25.3 Å². The van der Waals surface area contributed by atoms with E-state index >= 15 is 0 Å². The molecule has 4 nitrogen and oxygen atoms in total. The Kier molecular flexibility index (Phi) is 2.71. The van der Waals surface area contributed by atoms with Crippen LogP contribution in [0.1, 0.15) is 17.1 Å². The summed E-state index contributed by atoms with van der Waals surface area (Å²) in [5, 5.41) is 0.859. The van der Waals surface area contributed by atoms with Crippen molar-refractivity contribution >= 4 is 16.9 Å². The van der Waals surface area contributed by atoms with Gasteiger partial charge in [-0.3, -0.25) is 4.57 Å². The Morgan fingerprint density at radius 3 is 2.35 bits per heavy atom. The van der Waals surface area contributed by atoms with Gasteiger partial charge in [0.2, 0.25) is 0 Å². The number of hydrogen-bond acceptors (Lipinski definition) is 3. The summed E-state index contributed by atoms with van der Waals surface area (Å²) in [5.74, 6) is 0.842. The normalized spacial score (nSPS) is 11.2. The van der Waals surface area contributed by atoms with Gasteiger partial charge in [-0.1, -0.05) is 0 Å². The molecule has 0 saturated heterocycles. The van der Waals surface area contributed by atoms with Gasteiger partial charge in [-0.2, -0.15) is 0 Å². The molecule has 0 amide bonds. The Balaban J connectivity index is 2.41. The first-order valence-electron chi connectivity index (χ1n) is 6.36. The van der Waals surface area contributed by atoms with Crippen LogP contribution >= 0.6 is 0 Å². The molecule has 0 aliphatic heterocycles. The summed E-state index contributed by atoms with van der Waals surface area (Å²) in [6.07, 6.45) is 0. The summed E-state index contributed by atoms with van der Waals surface area (Å²) in [5.41, 5.74) is 9.71. The van der Waals surface area contributed by atoms with Crippen LogP contribution in [0.2, 0.25) is 0 Å². The highest BCUT2D eigenvalue weighted by Gasteiger charge is 2.17. The number of anilines is 1. The predicted molar refractivity (Wildman–Crippen MR) is 77.4 cm³/mol. The highest BCUT2D eigenvalue weighted by molar-refractivity contribution is 5.92. The number of rotatable bonds is 1. The Bertz CT molecular complexity index is 803. The highest BCUT2D eigenvalue weighted by atomic mass is 19.1. The van der Waals surface area contributed by atoms with Gasteiger partial charge < -0.3 is 5.73 Å². The minimum atomic E-state index is -0.259. The van der Waals surface area contributed by atoms with E-state index in [1.54, 1.807) is 12.1 Å². The van der Waals surface area contributed by atoms with Gasteiger partial charge in [0.15, 0.2) is 5.65 Å². The molecule has 0 spiro atoms. The maximum absolute atomic E-state index is 13.1. The molecular weight excluding hydrogens is 255 g/mol. The van der Waals surface area contributed by atoms with Gasteiger partial charge in [0.05, 0.1) is 5.39 Å².